The summed E-state index contributed by atoms with van der Waals surface area (Å²) in [7, 11) is -3.61. The Morgan fingerprint density at radius 2 is 1.86 bits per heavy atom. The molecular formula is C16H16N2O2S. The molecule has 0 aliphatic heterocycles. The fourth-order valence-electron chi connectivity index (χ4n) is 2.95. The van der Waals surface area contributed by atoms with Crippen LogP contribution in [0, 0.1) is 17.2 Å². The van der Waals surface area contributed by atoms with Crippen molar-refractivity contribution < 1.29 is 8.42 Å². The van der Waals surface area contributed by atoms with Crippen LogP contribution in [-0.4, -0.2) is 14.5 Å². The van der Waals surface area contributed by atoms with E-state index in [0.717, 1.165) is 24.6 Å². The van der Waals surface area contributed by atoms with Crippen molar-refractivity contribution in [3.05, 3.63) is 42.5 Å². The van der Waals surface area contributed by atoms with Crippen molar-refractivity contribution in [3.8, 4) is 6.07 Å². The van der Waals surface area contributed by atoms with Crippen molar-refractivity contribution in [1.82, 2.24) is 4.72 Å². The monoisotopic (exact) mass is 300 g/mol. The Kier molecular flexibility index (Phi) is 3.66. The van der Waals surface area contributed by atoms with Crippen LogP contribution in [0.3, 0.4) is 0 Å². The first kappa shape index (κ1) is 14.1. The van der Waals surface area contributed by atoms with Crippen LogP contribution in [0.2, 0.25) is 0 Å². The molecule has 0 saturated heterocycles. The lowest BCUT2D eigenvalue weighted by Crippen LogP contribution is -2.36. The molecule has 0 amide bonds. The number of rotatable bonds is 3. The van der Waals surface area contributed by atoms with Gasteiger partial charge < -0.3 is 0 Å². The summed E-state index contributed by atoms with van der Waals surface area (Å²) in [6.07, 6.45) is 2.38. The predicted octanol–water partition coefficient (Wildman–Crippen LogP) is 2.81. The van der Waals surface area contributed by atoms with E-state index in [2.05, 4.69) is 10.8 Å². The third-order valence-corrected chi connectivity index (χ3v) is 5.58. The van der Waals surface area contributed by atoms with Crippen molar-refractivity contribution in [2.24, 2.45) is 5.92 Å². The highest BCUT2D eigenvalue weighted by atomic mass is 32.2. The Labute approximate surface area is 124 Å². The minimum absolute atomic E-state index is 0.227. The molecule has 1 fully saturated rings. The van der Waals surface area contributed by atoms with Gasteiger partial charge in [0.05, 0.1) is 16.9 Å². The van der Waals surface area contributed by atoms with Crippen LogP contribution >= 0.6 is 0 Å². The molecule has 5 heteroatoms. The van der Waals surface area contributed by atoms with E-state index in [4.69, 9.17) is 5.26 Å². The average Bonchev–Trinajstić information content (AvgIpc) is 2.93. The summed E-state index contributed by atoms with van der Waals surface area (Å²) >= 11 is 0. The predicted molar refractivity (Wildman–Crippen MR) is 81.0 cm³/mol. The van der Waals surface area contributed by atoms with Gasteiger partial charge in [0.1, 0.15) is 0 Å². The second kappa shape index (κ2) is 5.47. The van der Waals surface area contributed by atoms with E-state index in [1.165, 1.54) is 0 Å². The molecule has 2 atom stereocenters. The Bertz CT molecular complexity index is 803. The average molecular weight is 300 g/mol. The molecule has 1 aliphatic carbocycles. The summed E-state index contributed by atoms with van der Waals surface area (Å²) in [5.41, 5.74) is 0. The zero-order valence-corrected chi connectivity index (χ0v) is 12.3. The highest BCUT2D eigenvalue weighted by Crippen LogP contribution is 2.28. The van der Waals surface area contributed by atoms with Gasteiger partial charge in [0.15, 0.2) is 0 Å². The molecule has 2 aromatic carbocycles. The topological polar surface area (TPSA) is 70.0 Å². The summed E-state index contributed by atoms with van der Waals surface area (Å²) in [6.45, 7) is 0. The molecule has 0 spiro atoms. The highest BCUT2D eigenvalue weighted by Gasteiger charge is 2.31. The molecule has 4 nitrogen and oxygen atoms in total. The van der Waals surface area contributed by atoms with Crippen LogP contribution in [0.4, 0.5) is 0 Å². The van der Waals surface area contributed by atoms with Gasteiger partial charge in [-0.3, -0.25) is 0 Å². The quantitative estimate of drug-likeness (QED) is 0.947. The molecule has 0 aromatic heterocycles. The lowest BCUT2D eigenvalue weighted by Gasteiger charge is -2.16. The van der Waals surface area contributed by atoms with E-state index >= 15 is 0 Å². The summed E-state index contributed by atoms with van der Waals surface area (Å²) in [5.74, 6) is -0.227. The number of hydrogen-bond donors (Lipinski definition) is 1. The Morgan fingerprint density at radius 1 is 1.10 bits per heavy atom. The number of nitrogens with one attached hydrogen (secondary N) is 1. The molecule has 1 N–H and O–H groups in total. The van der Waals surface area contributed by atoms with Crippen molar-refractivity contribution in [1.29, 1.82) is 5.26 Å². The maximum absolute atomic E-state index is 12.6. The van der Waals surface area contributed by atoms with E-state index < -0.39 is 10.0 Å². The molecule has 21 heavy (non-hydrogen) atoms. The number of nitriles is 1. The van der Waals surface area contributed by atoms with E-state index in [0.29, 0.717) is 5.39 Å². The van der Waals surface area contributed by atoms with E-state index in [-0.39, 0.29) is 16.9 Å². The van der Waals surface area contributed by atoms with Gasteiger partial charge in [0, 0.05) is 11.4 Å². The Hall–Kier alpha value is -1.90. The minimum atomic E-state index is -3.61. The first-order valence-corrected chi connectivity index (χ1v) is 8.50. The third-order valence-electron chi connectivity index (χ3n) is 4.03. The van der Waals surface area contributed by atoms with Gasteiger partial charge in [-0.2, -0.15) is 5.26 Å². The van der Waals surface area contributed by atoms with Crippen molar-refractivity contribution in [3.63, 3.8) is 0 Å². The fraction of sp³-hybridized carbons (Fsp3) is 0.312. The van der Waals surface area contributed by atoms with Gasteiger partial charge in [-0.05, 0) is 24.3 Å². The number of fused-ring (bicyclic) bond motifs is 1. The Balaban J connectivity index is 1.99. The summed E-state index contributed by atoms with van der Waals surface area (Å²) in [4.78, 5) is 0.282. The lowest BCUT2D eigenvalue weighted by molar-refractivity contribution is 0.515. The van der Waals surface area contributed by atoms with Crippen LogP contribution in [0.5, 0.6) is 0 Å². The molecule has 1 aliphatic rings. The van der Waals surface area contributed by atoms with E-state index in [1.807, 2.05) is 24.3 Å². The number of nitrogens with zero attached hydrogens (tertiary/aromatic N) is 1. The zero-order chi connectivity index (χ0) is 14.9. The Morgan fingerprint density at radius 3 is 2.67 bits per heavy atom. The van der Waals surface area contributed by atoms with Crippen molar-refractivity contribution in [2.45, 2.75) is 30.2 Å². The SMILES string of the molecule is N#CC1CCCC1NS(=O)(=O)c1cccc2ccccc12. The fourth-order valence-corrected chi connectivity index (χ4v) is 4.49. The second-order valence-electron chi connectivity index (χ2n) is 5.37. The van der Waals surface area contributed by atoms with Crippen LogP contribution < -0.4 is 4.72 Å². The molecule has 0 radical (unpaired) electrons. The third kappa shape index (κ3) is 2.65. The summed E-state index contributed by atoms with van der Waals surface area (Å²) < 4.78 is 28.0. The second-order valence-corrected chi connectivity index (χ2v) is 7.05. The first-order valence-electron chi connectivity index (χ1n) is 7.01. The molecule has 0 bridgehead atoms. The molecule has 3 rings (SSSR count). The molecule has 1 saturated carbocycles. The number of hydrogen-bond acceptors (Lipinski definition) is 3. The normalized spacial score (nSPS) is 22.2. The van der Waals surface area contributed by atoms with Gasteiger partial charge in [-0.15, -0.1) is 0 Å². The van der Waals surface area contributed by atoms with Gasteiger partial charge in [-0.1, -0.05) is 42.8 Å². The lowest BCUT2D eigenvalue weighted by atomic mass is 10.1. The smallest absolute Gasteiger partial charge is 0.207 e. The molecule has 0 heterocycles. The maximum Gasteiger partial charge on any atom is 0.241 e. The largest absolute Gasteiger partial charge is 0.241 e. The van der Waals surface area contributed by atoms with Gasteiger partial charge in [0.25, 0.3) is 0 Å². The van der Waals surface area contributed by atoms with E-state index in [9.17, 15) is 8.42 Å². The molecule has 108 valence electrons. The molecule has 2 aromatic rings. The van der Waals surface area contributed by atoms with E-state index in [1.54, 1.807) is 18.2 Å². The van der Waals surface area contributed by atoms with Gasteiger partial charge >= 0.3 is 0 Å². The standard InChI is InChI=1S/C16H16N2O2S/c17-11-13-7-3-9-15(13)18-21(19,20)16-10-4-6-12-5-1-2-8-14(12)16/h1-2,4-6,8,10,13,15,18H,3,7,9H2. The van der Waals surface area contributed by atoms with Crippen LogP contribution in [0.15, 0.2) is 47.4 Å². The molecular weight excluding hydrogens is 284 g/mol. The maximum atomic E-state index is 12.6. The van der Waals surface area contributed by atoms with Crippen LogP contribution in [0.1, 0.15) is 19.3 Å². The highest BCUT2D eigenvalue weighted by molar-refractivity contribution is 7.89. The van der Waals surface area contributed by atoms with Crippen molar-refractivity contribution in [2.75, 3.05) is 0 Å². The minimum Gasteiger partial charge on any atom is -0.207 e. The first-order chi connectivity index (χ1) is 10.1. The number of sulfonamides is 1. The number of benzene rings is 2. The van der Waals surface area contributed by atoms with Gasteiger partial charge in [0.2, 0.25) is 10.0 Å². The summed E-state index contributed by atoms with van der Waals surface area (Å²) in [5, 5.41) is 10.7. The van der Waals surface area contributed by atoms with Crippen LogP contribution in [0.25, 0.3) is 10.8 Å². The molecule has 2 unspecified atom stereocenters. The van der Waals surface area contributed by atoms with Crippen LogP contribution in [-0.2, 0) is 10.0 Å². The zero-order valence-electron chi connectivity index (χ0n) is 11.5. The summed E-state index contributed by atoms with van der Waals surface area (Å²) in [6, 6.07) is 14.6. The van der Waals surface area contributed by atoms with Gasteiger partial charge in [-0.25, -0.2) is 13.1 Å². The van der Waals surface area contributed by atoms with Crippen molar-refractivity contribution >= 4 is 20.8 Å².